The van der Waals surface area contributed by atoms with Crippen molar-refractivity contribution >= 4 is 43.5 Å². The number of nitrogens with zero attached hydrogens (tertiary/aromatic N) is 2. The van der Waals surface area contributed by atoms with Crippen LogP contribution in [-0.2, 0) is 10.0 Å². The van der Waals surface area contributed by atoms with E-state index < -0.39 is 10.0 Å². The normalized spacial score (nSPS) is 11.6. The molecular formula is C10H7IN2O2S. The first-order valence-corrected chi connectivity index (χ1v) is 7.27. The highest BCUT2D eigenvalue weighted by molar-refractivity contribution is 14.1. The van der Waals surface area contributed by atoms with Crippen LogP contribution in [0.4, 0.5) is 0 Å². The summed E-state index contributed by atoms with van der Waals surface area (Å²) >= 11 is 2.07. The molecule has 0 saturated heterocycles. The van der Waals surface area contributed by atoms with Crippen LogP contribution in [0.15, 0.2) is 24.4 Å². The zero-order chi connectivity index (χ0) is 11.9. The number of benzene rings is 1. The van der Waals surface area contributed by atoms with Crippen molar-refractivity contribution in [1.29, 1.82) is 5.26 Å². The molecule has 0 N–H and O–H groups in total. The minimum absolute atomic E-state index is 0.451. The van der Waals surface area contributed by atoms with E-state index in [9.17, 15) is 8.42 Å². The van der Waals surface area contributed by atoms with E-state index in [1.54, 1.807) is 24.4 Å². The van der Waals surface area contributed by atoms with Gasteiger partial charge < -0.3 is 0 Å². The largest absolute Gasteiger partial charge is 0.244 e. The molecule has 0 saturated carbocycles. The van der Waals surface area contributed by atoms with Crippen molar-refractivity contribution in [2.24, 2.45) is 0 Å². The van der Waals surface area contributed by atoms with E-state index >= 15 is 0 Å². The maximum Gasteiger partial charge on any atom is 0.236 e. The highest BCUT2D eigenvalue weighted by Gasteiger charge is 2.13. The van der Waals surface area contributed by atoms with Gasteiger partial charge in [-0.15, -0.1) is 0 Å². The third-order valence-corrected chi connectivity index (χ3v) is 4.09. The average Bonchev–Trinajstić information content (AvgIpc) is 2.55. The predicted octanol–water partition coefficient (Wildman–Crippen LogP) is 1.93. The zero-order valence-electron chi connectivity index (χ0n) is 8.31. The molecule has 1 aromatic heterocycles. The summed E-state index contributed by atoms with van der Waals surface area (Å²) < 4.78 is 25.1. The van der Waals surface area contributed by atoms with Crippen LogP contribution in [0.2, 0.25) is 0 Å². The molecule has 0 aliphatic carbocycles. The summed E-state index contributed by atoms with van der Waals surface area (Å²) in [6, 6.07) is 7.02. The van der Waals surface area contributed by atoms with Crippen molar-refractivity contribution in [2.45, 2.75) is 0 Å². The first kappa shape index (κ1) is 11.4. The van der Waals surface area contributed by atoms with Crippen LogP contribution in [0.3, 0.4) is 0 Å². The quantitative estimate of drug-likeness (QED) is 0.742. The Balaban J connectivity index is 2.93. The Morgan fingerprint density at radius 2 is 2.12 bits per heavy atom. The van der Waals surface area contributed by atoms with Gasteiger partial charge in [0.05, 0.1) is 23.4 Å². The van der Waals surface area contributed by atoms with Crippen LogP contribution in [-0.4, -0.2) is 18.6 Å². The molecule has 0 bridgehead atoms. The van der Waals surface area contributed by atoms with Crippen LogP contribution in [0.5, 0.6) is 0 Å². The molecule has 0 radical (unpaired) electrons. The Bertz CT molecular complexity index is 710. The molecule has 1 aromatic carbocycles. The SMILES string of the molecule is CS(=O)(=O)n1cc(I)c2ccc(C#N)cc21. The van der Waals surface area contributed by atoms with Gasteiger partial charge in [-0.2, -0.15) is 5.26 Å². The molecule has 2 rings (SSSR count). The molecule has 1 heterocycles. The lowest BCUT2D eigenvalue weighted by Crippen LogP contribution is -2.08. The van der Waals surface area contributed by atoms with Crippen molar-refractivity contribution in [3.63, 3.8) is 0 Å². The first-order chi connectivity index (χ1) is 7.43. The van der Waals surface area contributed by atoms with Crippen molar-refractivity contribution in [2.75, 3.05) is 6.26 Å². The highest BCUT2D eigenvalue weighted by atomic mass is 127. The van der Waals surface area contributed by atoms with E-state index in [0.717, 1.165) is 15.2 Å². The van der Waals surface area contributed by atoms with E-state index in [1.807, 2.05) is 6.07 Å². The summed E-state index contributed by atoms with van der Waals surface area (Å²) in [6.07, 6.45) is 2.70. The number of aromatic nitrogens is 1. The van der Waals surface area contributed by atoms with E-state index in [-0.39, 0.29) is 0 Å². The molecule has 16 heavy (non-hydrogen) atoms. The third kappa shape index (κ3) is 1.81. The van der Waals surface area contributed by atoms with E-state index in [4.69, 9.17) is 5.26 Å². The van der Waals surface area contributed by atoms with Crippen LogP contribution >= 0.6 is 22.6 Å². The molecular weight excluding hydrogens is 339 g/mol. The lowest BCUT2D eigenvalue weighted by molar-refractivity contribution is 0.595. The second-order valence-corrected chi connectivity index (χ2v) is 6.40. The predicted molar refractivity (Wildman–Crippen MR) is 69.6 cm³/mol. The second-order valence-electron chi connectivity index (χ2n) is 3.38. The number of halogens is 1. The Labute approximate surface area is 107 Å². The number of nitriles is 1. The fourth-order valence-corrected chi connectivity index (χ4v) is 3.23. The number of fused-ring (bicyclic) bond motifs is 1. The number of rotatable bonds is 1. The van der Waals surface area contributed by atoms with Crippen molar-refractivity contribution < 1.29 is 8.42 Å². The zero-order valence-corrected chi connectivity index (χ0v) is 11.3. The fourth-order valence-electron chi connectivity index (χ4n) is 1.50. The third-order valence-electron chi connectivity index (χ3n) is 2.21. The summed E-state index contributed by atoms with van der Waals surface area (Å²) in [6.45, 7) is 0. The van der Waals surface area contributed by atoms with Crippen LogP contribution < -0.4 is 0 Å². The number of hydrogen-bond donors (Lipinski definition) is 0. The lowest BCUT2D eigenvalue weighted by Gasteiger charge is -2.01. The summed E-state index contributed by atoms with van der Waals surface area (Å²) in [7, 11) is -3.33. The van der Waals surface area contributed by atoms with Crippen molar-refractivity contribution in [3.8, 4) is 6.07 Å². The molecule has 0 aliphatic heterocycles. The smallest absolute Gasteiger partial charge is 0.236 e. The van der Waals surface area contributed by atoms with Gasteiger partial charge in [0, 0.05) is 15.2 Å². The molecule has 0 unspecified atom stereocenters. The molecule has 0 amide bonds. The van der Waals surface area contributed by atoms with Gasteiger partial charge in [0.1, 0.15) is 0 Å². The molecule has 4 nitrogen and oxygen atoms in total. The minimum atomic E-state index is -3.33. The molecule has 0 spiro atoms. The Kier molecular flexibility index (Phi) is 2.67. The van der Waals surface area contributed by atoms with E-state index in [1.165, 1.54) is 3.97 Å². The molecule has 82 valence electrons. The van der Waals surface area contributed by atoms with Crippen molar-refractivity contribution in [3.05, 3.63) is 33.5 Å². The molecule has 0 atom stereocenters. The topological polar surface area (TPSA) is 62.9 Å². The van der Waals surface area contributed by atoms with Gasteiger partial charge in [-0.05, 0) is 34.7 Å². The van der Waals surface area contributed by atoms with Crippen molar-refractivity contribution in [1.82, 2.24) is 3.97 Å². The monoisotopic (exact) mass is 346 g/mol. The molecule has 2 aromatic rings. The molecule has 6 heteroatoms. The molecule has 0 fully saturated rings. The highest BCUT2D eigenvalue weighted by Crippen LogP contribution is 2.25. The Hall–Kier alpha value is -1.07. The van der Waals surface area contributed by atoms with Gasteiger partial charge >= 0.3 is 0 Å². The second kappa shape index (κ2) is 3.75. The summed E-state index contributed by atoms with van der Waals surface area (Å²) in [4.78, 5) is 0. The van der Waals surface area contributed by atoms with Crippen LogP contribution in [0.1, 0.15) is 5.56 Å². The van der Waals surface area contributed by atoms with Gasteiger partial charge in [-0.25, -0.2) is 12.4 Å². The summed E-state index contributed by atoms with van der Waals surface area (Å²) in [5.41, 5.74) is 0.998. The Morgan fingerprint density at radius 3 is 2.69 bits per heavy atom. The average molecular weight is 346 g/mol. The summed E-state index contributed by atoms with van der Waals surface area (Å²) in [5.74, 6) is 0. The Morgan fingerprint density at radius 1 is 1.44 bits per heavy atom. The van der Waals surface area contributed by atoms with Gasteiger partial charge in [0.2, 0.25) is 10.0 Å². The number of hydrogen-bond acceptors (Lipinski definition) is 3. The molecule has 0 aliphatic rings. The summed E-state index contributed by atoms with van der Waals surface area (Å²) in [5, 5.41) is 9.62. The standard InChI is InChI=1S/C10H7IN2O2S/c1-16(14,15)13-6-9(11)8-3-2-7(5-12)4-10(8)13/h2-4,6H,1H3. The van der Waals surface area contributed by atoms with Crippen LogP contribution in [0, 0.1) is 14.9 Å². The van der Waals surface area contributed by atoms with Gasteiger partial charge in [-0.3, -0.25) is 0 Å². The van der Waals surface area contributed by atoms with Gasteiger partial charge in [0.15, 0.2) is 0 Å². The lowest BCUT2D eigenvalue weighted by atomic mass is 10.2. The van der Waals surface area contributed by atoms with E-state index in [2.05, 4.69) is 22.6 Å². The van der Waals surface area contributed by atoms with Gasteiger partial charge in [-0.1, -0.05) is 6.07 Å². The fraction of sp³-hybridized carbons (Fsp3) is 0.100. The maximum absolute atomic E-state index is 11.5. The van der Waals surface area contributed by atoms with E-state index in [0.29, 0.717) is 11.1 Å². The van der Waals surface area contributed by atoms with Crippen LogP contribution in [0.25, 0.3) is 10.9 Å². The first-order valence-electron chi connectivity index (χ1n) is 4.35. The maximum atomic E-state index is 11.5. The minimum Gasteiger partial charge on any atom is -0.244 e. The van der Waals surface area contributed by atoms with Gasteiger partial charge in [0.25, 0.3) is 0 Å².